The van der Waals surface area contributed by atoms with Gasteiger partial charge in [0.25, 0.3) is 5.56 Å². The predicted molar refractivity (Wildman–Crippen MR) is 124 cm³/mol. The number of benzene rings is 2. The van der Waals surface area contributed by atoms with Crippen molar-refractivity contribution >= 4 is 17.5 Å². The van der Waals surface area contributed by atoms with Gasteiger partial charge in [0.15, 0.2) is 0 Å². The molecule has 3 rings (SSSR count). The van der Waals surface area contributed by atoms with Crippen LogP contribution >= 0.6 is 11.6 Å². The maximum atomic E-state index is 13.2. The second-order valence-electron chi connectivity index (χ2n) is 7.43. The first-order valence-electron chi connectivity index (χ1n) is 10.2. The minimum atomic E-state index is -0.344. The van der Waals surface area contributed by atoms with Crippen LogP contribution < -0.4 is 15.6 Å². The number of hydrogen-bond acceptors (Lipinski definition) is 5. The van der Waals surface area contributed by atoms with Crippen molar-refractivity contribution < 1.29 is 14.6 Å². The molecule has 0 aliphatic carbocycles. The summed E-state index contributed by atoms with van der Waals surface area (Å²) in [7, 11) is 1.59. The fourth-order valence-electron chi connectivity index (χ4n) is 3.47. The Bertz CT molecular complexity index is 1140. The zero-order valence-corrected chi connectivity index (χ0v) is 19.0. The van der Waals surface area contributed by atoms with Crippen LogP contribution in [0.15, 0.2) is 53.3 Å². The molecule has 1 aromatic heterocycles. The molecule has 0 radical (unpaired) electrons. The molecule has 32 heavy (non-hydrogen) atoms. The minimum absolute atomic E-state index is 0.169. The molecular weight excluding hydrogens is 430 g/mol. The number of aliphatic hydroxyl groups excluding tert-OH is 1. The van der Waals surface area contributed by atoms with Gasteiger partial charge in [-0.3, -0.25) is 14.2 Å². The van der Waals surface area contributed by atoms with E-state index in [0.29, 0.717) is 27.7 Å². The van der Waals surface area contributed by atoms with E-state index < -0.39 is 0 Å². The van der Waals surface area contributed by atoms with Crippen LogP contribution in [-0.2, 0) is 17.8 Å². The van der Waals surface area contributed by atoms with Gasteiger partial charge in [-0.15, -0.1) is 0 Å². The summed E-state index contributed by atoms with van der Waals surface area (Å²) < 4.78 is 6.51. The Balaban J connectivity index is 1.92. The van der Waals surface area contributed by atoms with E-state index >= 15 is 0 Å². The lowest BCUT2D eigenvalue weighted by molar-refractivity contribution is -0.122. The van der Waals surface area contributed by atoms with Crippen molar-refractivity contribution in [1.29, 1.82) is 0 Å². The standard InChI is InChI=1S/C24H26ClN3O4/c1-15(17-6-10-20(32-3)11-7-17)26-22(30)14-28-23(18-4-8-19(25)9-5-18)27-16(2)21(12-13-29)24(28)31/h4-11,15,29H,12-14H2,1-3H3,(H,26,30)/t15-/m0/s1. The van der Waals surface area contributed by atoms with Crippen LogP contribution in [-0.4, -0.2) is 34.3 Å². The summed E-state index contributed by atoms with van der Waals surface area (Å²) in [4.78, 5) is 30.6. The monoisotopic (exact) mass is 455 g/mol. The highest BCUT2D eigenvalue weighted by Crippen LogP contribution is 2.21. The molecule has 0 fully saturated rings. The Kier molecular flexibility index (Phi) is 7.66. The predicted octanol–water partition coefficient (Wildman–Crippen LogP) is 3.29. The van der Waals surface area contributed by atoms with Gasteiger partial charge in [0.05, 0.1) is 13.2 Å². The van der Waals surface area contributed by atoms with Crippen molar-refractivity contribution in [2.24, 2.45) is 0 Å². The molecule has 1 amide bonds. The molecule has 2 N–H and O–H groups in total. The first-order valence-corrected chi connectivity index (χ1v) is 10.6. The largest absolute Gasteiger partial charge is 0.497 e. The maximum Gasteiger partial charge on any atom is 0.257 e. The third kappa shape index (κ3) is 5.36. The molecule has 0 bridgehead atoms. The molecule has 168 valence electrons. The third-order valence-corrected chi connectivity index (χ3v) is 5.48. The zero-order chi connectivity index (χ0) is 23.3. The van der Waals surface area contributed by atoms with Crippen LogP contribution in [0.4, 0.5) is 0 Å². The number of aryl methyl sites for hydroxylation is 1. The summed E-state index contributed by atoms with van der Waals surface area (Å²) in [6.45, 7) is 3.21. The molecule has 0 spiro atoms. The van der Waals surface area contributed by atoms with Gasteiger partial charge >= 0.3 is 0 Å². The van der Waals surface area contributed by atoms with Gasteiger partial charge in [0.1, 0.15) is 18.1 Å². The lowest BCUT2D eigenvalue weighted by atomic mass is 10.1. The van der Waals surface area contributed by atoms with Crippen LogP contribution in [0.3, 0.4) is 0 Å². The average Bonchev–Trinajstić information content (AvgIpc) is 2.79. The highest BCUT2D eigenvalue weighted by atomic mass is 35.5. The quantitative estimate of drug-likeness (QED) is 0.543. The lowest BCUT2D eigenvalue weighted by Crippen LogP contribution is -2.36. The fraction of sp³-hybridized carbons (Fsp3) is 0.292. The first-order chi connectivity index (χ1) is 15.3. The number of nitrogens with one attached hydrogen (secondary N) is 1. The number of hydrogen-bond donors (Lipinski definition) is 2. The van der Waals surface area contributed by atoms with Crippen LogP contribution in [0.5, 0.6) is 5.75 Å². The van der Waals surface area contributed by atoms with E-state index in [2.05, 4.69) is 10.3 Å². The second-order valence-corrected chi connectivity index (χ2v) is 7.87. The number of carbonyl (C=O) groups is 1. The maximum absolute atomic E-state index is 13.2. The number of aliphatic hydroxyl groups is 1. The van der Waals surface area contributed by atoms with Crippen LogP contribution in [0.1, 0.15) is 29.8 Å². The van der Waals surface area contributed by atoms with Crippen LogP contribution in [0.2, 0.25) is 5.02 Å². The topological polar surface area (TPSA) is 93.4 Å². The number of aromatic nitrogens is 2. The highest BCUT2D eigenvalue weighted by molar-refractivity contribution is 6.30. The smallest absolute Gasteiger partial charge is 0.257 e. The number of amides is 1. The van der Waals surface area contributed by atoms with Gasteiger partial charge in [-0.2, -0.15) is 0 Å². The van der Waals surface area contributed by atoms with E-state index in [9.17, 15) is 14.7 Å². The molecular formula is C24H26ClN3O4. The van der Waals surface area contributed by atoms with E-state index in [0.717, 1.165) is 11.3 Å². The summed E-state index contributed by atoms with van der Waals surface area (Å²) in [5, 5.41) is 12.8. The van der Waals surface area contributed by atoms with Crippen molar-refractivity contribution in [3.8, 4) is 17.1 Å². The van der Waals surface area contributed by atoms with E-state index in [-0.39, 0.29) is 37.1 Å². The van der Waals surface area contributed by atoms with Gasteiger partial charge in [0, 0.05) is 34.9 Å². The molecule has 0 saturated carbocycles. The van der Waals surface area contributed by atoms with Gasteiger partial charge in [0.2, 0.25) is 5.91 Å². The second kappa shape index (κ2) is 10.4. The molecule has 1 heterocycles. The lowest BCUT2D eigenvalue weighted by Gasteiger charge is -2.18. The molecule has 0 unspecified atom stereocenters. The Hall–Kier alpha value is -3.16. The molecule has 3 aromatic rings. The number of nitrogens with zero attached hydrogens (tertiary/aromatic N) is 2. The van der Waals surface area contributed by atoms with Crippen LogP contribution in [0, 0.1) is 6.92 Å². The molecule has 7 nitrogen and oxygen atoms in total. The molecule has 8 heteroatoms. The normalized spacial score (nSPS) is 11.8. The van der Waals surface area contributed by atoms with Gasteiger partial charge < -0.3 is 15.2 Å². The van der Waals surface area contributed by atoms with Crippen molar-refractivity contribution in [3.05, 3.63) is 80.7 Å². The molecule has 0 aliphatic rings. The summed E-state index contributed by atoms with van der Waals surface area (Å²) in [5.74, 6) is 0.776. The van der Waals surface area contributed by atoms with Crippen molar-refractivity contribution in [1.82, 2.24) is 14.9 Å². The van der Waals surface area contributed by atoms with E-state index in [1.54, 1.807) is 38.3 Å². The molecule has 1 atom stereocenters. The summed E-state index contributed by atoms with van der Waals surface area (Å²) in [5.41, 5.74) is 2.15. The van der Waals surface area contributed by atoms with Crippen molar-refractivity contribution in [3.63, 3.8) is 0 Å². The average molecular weight is 456 g/mol. The zero-order valence-electron chi connectivity index (χ0n) is 18.3. The molecule has 0 saturated heterocycles. The number of rotatable bonds is 8. The van der Waals surface area contributed by atoms with Gasteiger partial charge in [-0.1, -0.05) is 23.7 Å². The first kappa shape index (κ1) is 23.5. The Morgan fingerprint density at radius 1 is 1.19 bits per heavy atom. The van der Waals surface area contributed by atoms with Crippen molar-refractivity contribution in [2.75, 3.05) is 13.7 Å². The number of ether oxygens (including phenoxy) is 1. The van der Waals surface area contributed by atoms with Crippen LogP contribution in [0.25, 0.3) is 11.4 Å². The van der Waals surface area contributed by atoms with Gasteiger partial charge in [-0.05, 0) is 55.8 Å². The summed E-state index contributed by atoms with van der Waals surface area (Å²) in [6.07, 6.45) is 0.169. The Morgan fingerprint density at radius 2 is 1.84 bits per heavy atom. The SMILES string of the molecule is COc1ccc([C@H](C)NC(=O)Cn2c(-c3ccc(Cl)cc3)nc(C)c(CCO)c2=O)cc1. The van der Waals surface area contributed by atoms with Crippen molar-refractivity contribution in [2.45, 2.75) is 32.9 Å². The minimum Gasteiger partial charge on any atom is -0.497 e. The number of carbonyl (C=O) groups excluding carboxylic acids is 1. The number of halogens is 1. The van der Waals surface area contributed by atoms with Gasteiger partial charge in [-0.25, -0.2) is 4.98 Å². The highest BCUT2D eigenvalue weighted by Gasteiger charge is 2.19. The summed E-state index contributed by atoms with van der Waals surface area (Å²) >= 11 is 6.00. The molecule has 2 aromatic carbocycles. The van der Waals surface area contributed by atoms with E-state index in [1.165, 1.54) is 4.57 Å². The Morgan fingerprint density at radius 3 is 2.44 bits per heavy atom. The third-order valence-electron chi connectivity index (χ3n) is 5.23. The fourth-order valence-corrected chi connectivity index (χ4v) is 3.60. The summed E-state index contributed by atoms with van der Waals surface area (Å²) in [6, 6.07) is 14.1. The molecule has 0 aliphatic heterocycles. The van der Waals surface area contributed by atoms with E-state index in [4.69, 9.17) is 16.3 Å². The Labute approximate surface area is 191 Å². The number of methoxy groups -OCH3 is 1. The van der Waals surface area contributed by atoms with E-state index in [1.807, 2.05) is 31.2 Å².